The summed E-state index contributed by atoms with van der Waals surface area (Å²) in [6, 6.07) is 3.62. The predicted molar refractivity (Wildman–Crippen MR) is 81.7 cm³/mol. The number of unbranched alkanes of at least 4 members (excludes halogenated alkanes) is 2. The number of azide groups is 1. The Morgan fingerprint density at radius 2 is 2.33 bits per heavy atom. The van der Waals surface area contributed by atoms with Crippen LogP contribution in [0.15, 0.2) is 27.9 Å². The van der Waals surface area contributed by atoms with Gasteiger partial charge in [-0.3, -0.25) is 0 Å². The Labute approximate surface area is 127 Å². The zero-order valence-electron chi connectivity index (χ0n) is 12.2. The molecule has 1 N–H and O–H groups in total. The van der Waals surface area contributed by atoms with Gasteiger partial charge in [-0.1, -0.05) is 18.0 Å². The average molecular weight is 314 g/mol. The highest BCUT2D eigenvalue weighted by Crippen LogP contribution is 2.09. The van der Waals surface area contributed by atoms with Crippen molar-refractivity contribution in [1.82, 2.24) is 4.31 Å². The molecule has 118 valence electrons. The van der Waals surface area contributed by atoms with Gasteiger partial charge in [0, 0.05) is 18.5 Å². The summed E-state index contributed by atoms with van der Waals surface area (Å²) < 4.78 is 18.9. The van der Waals surface area contributed by atoms with E-state index < -0.39 is 17.1 Å². The zero-order chi connectivity index (χ0) is 15.5. The molecule has 0 radical (unpaired) electrons. The van der Waals surface area contributed by atoms with Gasteiger partial charge >= 0.3 is 0 Å². The summed E-state index contributed by atoms with van der Waals surface area (Å²) in [6.45, 7) is 0.947. The van der Waals surface area contributed by atoms with Gasteiger partial charge in [0.25, 0.3) is 0 Å². The molecule has 1 heterocycles. The van der Waals surface area contributed by atoms with Crippen molar-refractivity contribution in [2.75, 3.05) is 19.3 Å². The molecular formula is C13H22N4O3S. The van der Waals surface area contributed by atoms with Gasteiger partial charge in [-0.15, -0.1) is 0 Å². The number of rotatable bonds is 11. The van der Waals surface area contributed by atoms with Gasteiger partial charge in [-0.05, 0) is 30.5 Å². The van der Waals surface area contributed by atoms with Crippen LogP contribution >= 0.6 is 0 Å². The SMILES string of the molecule is CN(Cc1ccco1)S(=O)CC(O)CCCCCN=[N+]=[N-]. The van der Waals surface area contributed by atoms with E-state index in [1.807, 2.05) is 6.07 Å². The highest BCUT2D eigenvalue weighted by atomic mass is 32.2. The maximum Gasteiger partial charge on any atom is 0.118 e. The maximum atomic E-state index is 12.0. The zero-order valence-corrected chi connectivity index (χ0v) is 13.0. The van der Waals surface area contributed by atoms with Crippen molar-refractivity contribution in [3.63, 3.8) is 0 Å². The van der Waals surface area contributed by atoms with Gasteiger partial charge < -0.3 is 9.52 Å². The fourth-order valence-electron chi connectivity index (χ4n) is 1.85. The van der Waals surface area contributed by atoms with Gasteiger partial charge in [0.2, 0.25) is 0 Å². The van der Waals surface area contributed by atoms with Gasteiger partial charge in [0.1, 0.15) is 5.76 Å². The molecule has 2 unspecified atom stereocenters. The van der Waals surface area contributed by atoms with Gasteiger partial charge in [-0.25, -0.2) is 8.51 Å². The van der Waals surface area contributed by atoms with E-state index in [1.165, 1.54) is 0 Å². The van der Waals surface area contributed by atoms with Gasteiger partial charge in [-0.2, -0.15) is 0 Å². The van der Waals surface area contributed by atoms with Crippen molar-refractivity contribution in [3.8, 4) is 0 Å². The molecule has 21 heavy (non-hydrogen) atoms. The van der Waals surface area contributed by atoms with Crippen LogP contribution in [0.4, 0.5) is 0 Å². The van der Waals surface area contributed by atoms with E-state index in [4.69, 9.17) is 9.95 Å². The standard InChI is InChI=1S/C13H22N4O3S/c1-17(10-13-7-5-9-20-13)21(19)11-12(18)6-3-2-4-8-15-16-14/h5,7,9,12,18H,2-4,6,8,10-11H2,1H3. The van der Waals surface area contributed by atoms with E-state index in [9.17, 15) is 9.32 Å². The van der Waals surface area contributed by atoms with Crippen LogP contribution in [0.3, 0.4) is 0 Å². The third-order valence-electron chi connectivity index (χ3n) is 3.00. The minimum Gasteiger partial charge on any atom is -0.468 e. The number of hydrogen-bond acceptors (Lipinski definition) is 4. The predicted octanol–water partition coefficient (Wildman–Crippen LogP) is 2.61. The molecule has 1 rings (SSSR count). The molecule has 0 amide bonds. The first kappa shape index (κ1) is 17.7. The van der Waals surface area contributed by atoms with E-state index in [-0.39, 0.29) is 5.75 Å². The minimum absolute atomic E-state index is 0.230. The van der Waals surface area contributed by atoms with E-state index in [1.54, 1.807) is 23.7 Å². The summed E-state index contributed by atoms with van der Waals surface area (Å²) in [6.07, 6.45) is 4.16. The summed E-state index contributed by atoms with van der Waals surface area (Å²) in [5, 5.41) is 13.3. The Kier molecular flexibility index (Phi) is 8.77. The van der Waals surface area contributed by atoms with Crippen LogP contribution in [-0.2, 0) is 17.5 Å². The summed E-state index contributed by atoms with van der Waals surface area (Å²) in [7, 11) is 0.508. The van der Waals surface area contributed by atoms with Crippen molar-refractivity contribution in [1.29, 1.82) is 0 Å². The highest BCUT2D eigenvalue weighted by molar-refractivity contribution is 7.82. The summed E-state index contributed by atoms with van der Waals surface area (Å²) in [5.41, 5.74) is 8.13. The molecule has 7 nitrogen and oxygen atoms in total. The molecule has 0 bridgehead atoms. The van der Waals surface area contributed by atoms with Crippen LogP contribution in [0.25, 0.3) is 10.4 Å². The molecule has 1 aromatic rings. The molecule has 8 heteroatoms. The van der Waals surface area contributed by atoms with Crippen LogP contribution < -0.4 is 0 Å². The molecule has 1 aromatic heterocycles. The summed E-state index contributed by atoms with van der Waals surface area (Å²) in [4.78, 5) is 2.68. The van der Waals surface area contributed by atoms with E-state index >= 15 is 0 Å². The Morgan fingerprint density at radius 1 is 1.52 bits per heavy atom. The van der Waals surface area contributed by atoms with Crippen molar-refractivity contribution in [3.05, 3.63) is 34.6 Å². The van der Waals surface area contributed by atoms with Crippen molar-refractivity contribution >= 4 is 11.0 Å². The highest BCUT2D eigenvalue weighted by Gasteiger charge is 2.14. The lowest BCUT2D eigenvalue weighted by Crippen LogP contribution is -2.28. The Balaban J connectivity index is 2.16. The van der Waals surface area contributed by atoms with Crippen LogP contribution in [0, 0.1) is 0 Å². The van der Waals surface area contributed by atoms with Crippen LogP contribution in [0.5, 0.6) is 0 Å². The molecule has 0 fully saturated rings. The second-order valence-electron chi connectivity index (χ2n) is 4.81. The Hall–Kier alpha value is -1.34. The molecule has 0 aromatic carbocycles. The number of nitrogens with zero attached hydrogens (tertiary/aromatic N) is 4. The lowest BCUT2D eigenvalue weighted by molar-refractivity contribution is 0.182. The normalized spacial score (nSPS) is 13.9. The number of aliphatic hydroxyl groups is 1. The fourth-order valence-corrected chi connectivity index (χ4v) is 2.87. The van der Waals surface area contributed by atoms with E-state index in [0.717, 1.165) is 25.0 Å². The smallest absolute Gasteiger partial charge is 0.118 e. The first-order chi connectivity index (χ1) is 10.1. The molecule has 0 aliphatic rings. The van der Waals surface area contributed by atoms with Crippen LogP contribution in [0.1, 0.15) is 31.4 Å². The molecule has 0 aliphatic carbocycles. The quantitative estimate of drug-likeness (QED) is 0.294. The van der Waals surface area contributed by atoms with Crippen LogP contribution in [-0.4, -0.2) is 39.1 Å². The summed E-state index contributed by atoms with van der Waals surface area (Å²) in [5.74, 6) is 0.978. The van der Waals surface area contributed by atoms with Crippen molar-refractivity contribution in [2.24, 2.45) is 5.11 Å². The minimum atomic E-state index is -1.23. The summed E-state index contributed by atoms with van der Waals surface area (Å²) >= 11 is 0. The molecule has 2 atom stereocenters. The molecule has 0 aliphatic heterocycles. The monoisotopic (exact) mass is 314 g/mol. The Bertz CT molecular complexity index is 460. The molecule has 0 saturated carbocycles. The van der Waals surface area contributed by atoms with Crippen molar-refractivity contribution < 1.29 is 13.7 Å². The lowest BCUT2D eigenvalue weighted by Gasteiger charge is -2.17. The third-order valence-corrected chi connectivity index (χ3v) is 4.49. The first-order valence-electron chi connectivity index (χ1n) is 6.94. The third kappa shape index (κ3) is 7.87. The fraction of sp³-hybridized carbons (Fsp3) is 0.692. The second-order valence-corrected chi connectivity index (χ2v) is 6.41. The maximum absolute atomic E-state index is 12.0. The first-order valence-corrected chi connectivity index (χ1v) is 8.22. The second kappa shape index (κ2) is 10.4. The average Bonchev–Trinajstić information content (AvgIpc) is 2.95. The van der Waals surface area contributed by atoms with Crippen molar-refractivity contribution in [2.45, 2.75) is 38.3 Å². The number of furan rings is 1. The van der Waals surface area contributed by atoms with Gasteiger partial charge in [0.15, 0.2) is 0 Å². The van der Waals surface area contributed by atoms with Crippen LogP contribution in [0.2, 0.25) is 0 Å². The number of hydrogen-bond donors (Lipinski definition) is 1. The molecule has 0 saturated heterocycles. The molecule has 0 spiro atoms. The molecular weight excluding hydrogens is 292 g/mol. The number of aliphatic hydroxyl groups excluding tert-OH is 1. The van der Waals surface area contributed by atoms with Gasteiger partial charge in [0.05, 0.1) is 35.7 Å². The largest absolute Gasteiger partial charge is 0.468 e. The topological polar surface area (TPSA) is 102 Å². The Morgan fingerprint density at radius 3 is 3.00 bits per heavy atom. The van der Waals surface area contributed by atoms with E-state index in [0.29, 0.717) is 19.5 Å². The van der Waals surface area contributed by atoms with E-state index in [2.05, 4.69) is 10.0 Å². The lowest BCUT2D eigenvalue weighted by atomic mass is 10.1.